The van der Waals surface area contributed by atoms with Crippen LogP contribution >= 0.6 is 15.9 Å². The van der Waals surface area contributed by atoms with Crippen molar-refractivity contribution in [2.45, 2.75) is 18.6 Å². The van der Waals surface area contributed by atoms with Gasteiger partial charge in [0.15, 0.2) is 0 Å². The lowest BCUT2D eigenvalue weighted by Crippen LogP contribution is -2.24. The van der Waals surface area contributed by atoms with E-state index in [1.165, 1.54) is 5.56 Å². The molecule has 0 saturated carbocycles. The summed E-state index contributed by atoms with van der Waals surface area (Å²) in [5.41, 5.74) is 7.85. The number of hydrogen-bond acceptors (Lipinski definition) is 2. The fourth-order valence-corrected chi connectivity index (χ4v) is 2.00. The van der Waals surface area contributed by atoms with Crippen LogP contribution in [0.5, 0.6) is 0 Å². The summed E-state index contributed by atoms with van der Waals surface area (Å²) in [5.74, 6) is 0. The first-order valence-electron chi connectivity index (χ1n) is 3.90. The van der Waals surface area contributed by atoms with Gasteiger partial charge in [-0.3, -0.25) is 0 Å². The van der Waals surface area contributed by atoms with E-state index in [1.54, 1.807) is 0 Å². The Morgan fingerprint density at radius 3 is 3.00 bits per heavy atom. The molecule has 1 aromatic carbocycles. The SMILES string of the molecule is NC1Cc2ccc(Br)cc2C1O. The van der Waals surface area contributed by atoms with Gasteiger partial charge in [0.25, 0.3) is 0 Å². The zero-order chi connectivity index (χ0) is 8.72. The van der Waals surface area contributed by atoms with Crippen molar-refractivity contribution in [3.05, 3.63) is 33.8 Å². The molecule has 2 atom stereocenters. The van der Waals surface area contributed by atoms with Crippen LogP contribution in [0.15, 0.2) is 22.7 Å². The highest BCUT2D eigenvalue weighted by atomic mass is 79.9. The zero-order valence-corrected chi connectivity index (χ0v) is 8.08. The van der Waals surface area contributed by atoms with E-state index in [-0.39, 0.29) is 6.04 Å². The topological polar surface area (TPSA) is 46.2 Å². The zero-order valence-electron chi connectivity index (χ0n) is 6.50. The van der Waals surface area contributed by atoms with Crippen LogP contribution in [0.3, 0.4) is 0 Å². The highest BCUT2D eigenvalue weighted by Crippen LogP contribution is 2.31. The number of fused-ring (bicyclic) bond motifs is 1. The predicted molar refractivity (Wildman–Crippen MR) is 50.8 cm³/mol. The average molecular weight is 228 g/mol. The fraction of sp³-hybridized carbons (Fsp3) is 0.333. The summed E-state index contributed by atoms with van der Waals surface area (Å²) in [5, 5.41) is 9.63. The summed E-state index contributed by atoms with van der Waals surface area (Å²) < 4.78 is 0.995. The van der Waals surface area contributed by atoms with Crippen molar-refractivity contribution in [2.24, 2.45) is 5.73 Å². The number of halogens is 1. The molecule has 3 heteroatoms. The number of nitrogens with two attached hydrogens (primary N) is 1. The largest absolute Gasteiger partial charge is 0.387 e. The Hall–Kier alpha value is -0.380. The lowest BCUT2D eigenvalue weighted by molar-refractivity contribution is 0.159. The quantitative estimate of drug-likeness (QED) is 0.704. The van der Waals surface area contributed by atoms with E-state index < -0.39 is 6.10 Å². The minimum Gasteiger partial charge on any atom is -0.387 e. The third-order valence-electron chi connectivity index (χ3n) is 2.29. The molecule has 0 radical (unpaired) electrons. The second-order valence-corrected chi connectivity index (χ2v) is 4.07. The molecule has 0 bridgehead atoms. The van der Waals surface area contributed by atoms with Crippen molar-refractivity contribution in [1.29, 1.82) is 0 Å². The Labute approximate surface area is 79.5 Å². The van der Waals surface area contributed by atoms with Crippen molar-refractivity contribution in [2.75, 3.05) is 0 Å². The molecular weight excluding hydrogens is 218 g/mol. The molecule has 2 unspecified atom stereocenters. The maximum absolute atomic E-state index is 9.63. The molecular formula is C9H10BrNO. The number of benzene rings is 1. The molecule has 0 aliphatic heterocycles. The van der Waals surface area contributed by atoms with E-state index in [1.807, 2.05) is 18.2 Å². The van der Waals surface area contributed by atoms with E-state index in [4.69, 9.17) is 5.73 Å². The normalized spacial score (nSPS) is 27.2. The van der Waals surface area contributed by atoms with Crippen LogP contribution in [0.25, 0.3) is 0 Å². The smallest absolute Gasteiger partial charge is 0.0947 e. The molecule has 3 N–H and O–H groups in total. The average Bonchev–Trinajstić information content (AvgIpc) is 2.31. The van der Waals surface area contributed by atoms with E-state index >= 15 is 0 Å². The molecule has 0 aromatic heterocycles. The van der Waals surface area contributed by atoms with E-state index in [0.29, 0.717) is 0 Å². The molecule has 0 fully saturated rings. The van der Waals surface area contributed by atoms with Gasteiger partial charge in [0.1, 0.15) is 0 Å². The monoisotopic (exact) mass is 227 g/mol. The minimum atomic E-state index is -0.488. The van der Waals surface area contributed by atoms with Gasteiger partial charge in [-0.05, 0) is 29.7 Å². The summed E-state index contributed by atoms with van der Waals surface area (Å²) in [6.45, 7) is 0. The van der Waals surface area contributed by atoms with Crippen molar-refractivity contribution < 1.29 is 5.11 Å². The Kier molecular flexibility index (Phi) is 1.94. The Bertz CT molecular complexity index is 313. The van der Waals surface area contributed by atoms with Crippen LogP contribution in [0.1, 0.15) is 17.2 Å². The summed E-state index contributed by atoms with van der Waals surface area (Å²) in [6.07, 6.45) is 0.293. The van der Waals surface area contributed by atoms with Gasteiger partial charge in [0, 0.05) is 10.5 Å². The molecule has 0 spiro atoms. The van der Waals surface area contributed by atoms with Gasteiger partial charge >= 0.3 is 0 Å². The van der Waals surface area contributed by atoms with E-state index in [9.17, 15) is 5.11 Å². The number of aliphatic hydroxyl groups is 1. The lowest BCUT2D eigenvalue weighted by Gasteiger charge is -2.08. The molecule has 64 valence electrons. The standard InChI is InChI=1S/C9H10BrNO/c10-6-2-1-5-3-8(11)9(12)7(5)4-6/h1-2,4,8-9,12H,3,11H2. The first kappa shape index (κ1) is 8.23. The molecule has 2 rings (SSSR count). The third-order valence-corrected chi connectivity index (χ3v) is 2.78. The van der Waals surface area contributed by atoms with Crippen molar-refractivity contribution >= 4 is 15.9 Å². The van der Waals surface area contributed by atoms with Crippen LogP contribution in [-0.4, -0.2) is 11.1 Å². The van der Waals surface area contributed by atoms with Crippen molar-refractivity contribution in [3.8, 4) is 0 Å². The molecule has 1 aliphatic rings. The molecule has 2 nitrogen and oxygen atoms in total. The van der Waals surface area contributed by atoms with Crippen LogP contribution in [0, 0.1) is 0 Å². The van der Waals surface area contributed by atoms with Gasteiger partial charge in [0.2, 0.25) is 0 Å². The molecule has 0 saturated heterocycles. The van der Waals surface area contributed by atoms with E-state index in [0.717, 1.165) is 16.5 Å². The van der Waals surface area contributed by atoms with Gasteiger partial charge in [-0.25, -0.2) is 0 Å². The summed E-state index contributed by atoms with van der Waals surface area (Å²) in [7, 11) is 0. The molecule has 1 aromatic rings. The van der Waals surface area contributed by atoms with Crippen LogP contribution in [0.2, 0.25) is 0 Å². The number of rotatable bonds is 0. The fourth-order valence-electron chi connectivity index (χ4n) is 1.62. The summed E-state index contributed by atoms with van der Waals surface area (Å²) >= 11 is 3.36. The van der Waals surface area contributed by atoms with Gasteiger partial charge in [-0.1, -0.05) is 22.0 Å². The molecule has 0 amide bonds. The lowest BCUT2D eigenvalue weighted by atomic mass is 10.1. The van der Waals surface area contributed by atoms with Crippen LogP contribution in [-0.2, 0) is 6.42 Å². The summed E-state index contributed by atoms with van der Waals surface area (Å²) in [4.78, 5) is 0. The van der Waals surface area contributed by atoms with Gasteiger partial charge in [-0.2, -0.15) is 0 Å². The van der Waals surface area contributed by atoms with Gasteiger partial charge in [0.05, 0.1) is 6.10 Å². The second kappa shape index (κ2) is 2.83. The molecule has 12 heavy (non-hydrogen) atoms. The second-order valence-electron chi connectivity index (χ2n) is 3.16. The maximum Gasteiger partial charge on any atom is 0.0947 e. The van der Waals surface area contributed by atoms with Crippen molar-refractivity contribution in [1.82, 2.24) is 0 Å². The first-order chi connectivity index (χ1) is 5.68. The van der Waals surface area contributed by atoms with Crippen LogP contribution in [0.4, 0.5) is 0 Å². The Morgan fingerprint density at radius 1 is 1.50 bits per heavy atom. The van der Waals surface area contributed by atoms with E-state index in [2.05, 4.69) is 15.9 Å². The highest BCUT2D eigenvalue weighted by molar-refractivity contribution is 9.10. The predicted octanol–water partition coefficient (Wildman–Crippen LogP) is 1.37. The highest BCUT2D eigenvalue weighted by Gasteiger charge is 2.27. The maximum atomic E-state index is 9.63. The van der Waals surface area contributed by atoms with Crippen molar-refractivity contribution in [3.63, 3.8) is 0 Å². The Morgan fingerprint density at radius 2 is 2.25 bits per heavy atom. The van der Waals surface area contributed by atoms with Crippen LogP contribution < -0.4 is 5.73 Å². The minimum absolute atomic E-state index is 0.130. The number of hydrogen-bond donors (Lipinski definition) is 2. The summed E-state index contributed by atoms with van der Waals surface area (Å²) in [6, 6.07) is 5.79. The third kappa shape index (κ3) is 1.18. The van der Waals surface area contributed by atoms with Gasteiger partial charge in [-0.15, -0.1) is 0 Å². The first-order valence-corrected chi connectivity index (χ1v) is 4.70. The van der Waals surface area contributed by atoms with Gasteiger partial charge < -0.3 is 10.8 Å². The molecule has 1 aliphatic carbocycles. The Balaban J connectivity index is 2.48. The molecule has 0 heterocycles. The number of aliphatic hydroxyl groups excluding tert-OH is 1.